The van der Waals surface area contributed by atoms with Crippen LogP contribution < -0.4 is 20.1 Å². The molecule has 7 nitrogen and oxygen atoms in total. The van der Waals surface area contributed by atoms with Gasteiger partial charge in [-0.1, -0.05) is 30.3 Å². The molecule has 0 heterocycles. The Morgan fingerprint density at radius 2 is 1.72 bits per heavy atom. The van der Waals surface area contributed by atoms with Crippen molar-refractivity contribution in [1.82, 2.24) is 5.32 Å². The van der Waals surface area contributed by atoms with E-state index >= 15 is 0 Å². The van der Waals surface area contributed by atoms with Crippen LogP contribution in [0.25, 0.3) is 0 Å². The van der Waals surface area contributed by atoms with Gasteiger partial charge in [0, 0.05) is 37.5 Å². The van der Waals surface area contributed by atoms with Crippen molar-refractivity contribution in [2.75, 3.05) is 25.5 Å². The lowest BCUT2D eigenvalue weighted by Gasteiger charge is -2.14. The molecule has 0 radical (unpaired) electrons. The maximum absolute atomic E-state index is 10.7. The molecule has 0 spiro atoms. The van der Waals surface area contributed by atoms with E-state index < -0.39 is 4.92 Å². The molecule has 0 unspecified atom stereocenters. The van der Waals surface area contributed by atoms with Crippen LogP contribution in [0.3, 0.4) is 0 Å². The lowest BCUT2D eigenvalue weighted by molar-refractivity contribution is -0.384. The first kappa shape index (κ1) is 25.0. The number of benzene rings is 3. The van der Waals surface area contributed by atoms with Gasteiger partial charge in [0.2, 0.25) is 0 Å². The quantitative estimate of drug-likeness (QED) is 0.236. The summed E-state index contributed by atoms with van der Waals surface area (Å²) in [6, 6.07) is 20.5. The minimum atomic E-state index is -0.404. The third-order valence-electron chi connectivity index (χ3n) is 4.91. The lowest BCUT2D eigenvalue weighted by Crippen LogP contribution is -2.21. The van der Waals surface area contributed by atoms with E-state index in [1.165, 1.54) is 17.7 Å². The Hall–Kier alpha value is -3.29. The van der Waals surface area contributed by atoms with E-state index in [9.17, 15) is 10.1 Å². The van der Waals surface area contributed by atoms with Gasteiger partial charge in [-0.15, -0.1) is 12.4 Å². The van der Waals surface area contributed by atoms with Gasteiger partial charge in [0.15, 0.2) is 11.5 Å². The third-order valence-corrected chi connectivity index (χ3v) is 4.91. The molecule has 0 amide bonds. The summed E-state index contributed by atoms with van der Waals surface area (Å²) in [7, 11) is 1.64. The molecule has 0 aliphatic rings. The zero-order valence-electron chi connectivity index (χ0n) is 18.2. The van der Waals surface area contributed by atoms with Crippen molar-refractivity contribution in [3.63, 3.8) is 0 Å². The van der Waals surface area contributed by atoms with Crippen LogP contribution in [0.2, 0.25) is 0 Å². The first-order chi connectivity index (χ1) is 15.1. The second-order valence-electron chi connectivity index (χ2n) is 7.11. The fraction of sp³-hybridized carbons (Fsp3) is 0.250. The van der Waals surface area contributed by atoms with Crippen molar-refractivity contribution in [3.05, 3.63) is 93.5 Å². The van der Waals surface area contributed by atoms with Crippen molar-refractivity contribution >= 4 is 23.8 Å². The van der Waals surface area contributed by atoms with Crippen molar-refractivity contribution in [3.8, 4) is 11.5 Å². The molecular formula is C24H28ClN3O4. The fourth-order valence-electron chi connectivity index (χ4n) is 3.10. The molecule has 0 saturated heterocycles. The monoisotopic (exact) mass is 457 g/mol. The maximum atomic E-state index is 10.7. The van der Waals surface area contributed by atoms with Crippen LogP contribution in [0, 0.1) is 17.0 Å². The second-order valence-corrected chi connectivity index (χ2v) is 7.11. The van der Waals surface area contributed by atoms with E-state index in [0.717, 1.165) is 23.4 Å². The Morgan fingerprint density at radius 1 is 0.969 bits per heavy atom. The van der Waals surface area contributed by atoms with Crippen LogP contribution in [-0.2, 0) is 13.2 Å². The van der Waals surface area contributed by atoms with Gasteiger partial charge in [0.1, 0.15) is 6.61 Å². The number of anilines is 1. The Kier molecular flexibility index (Phi) is 9.78. The molecule has 0 fully saturated rings. The van der Waals surface area contributed by atoms with Crippen LogP contribution in [0.15, 0.2) is 66.7 Å². The number of aryl methyl sites for hydroxylation is 1. The molecule has 32 heavy (non-hydrogen) atoms. The molecule has 2 N–H and O–H groups in total. The predicted molar refractivity (Wildman–Crippen MR) is 129 cm³/mol. The highest BCUT2D eigenvalue weighted by Crippen LogP contribution is 2.29. The highest BCUT2D eigenvalue weighted by Gasteiger charge is 2.07. The molecule has 0 atom stereocenters. The number of rotatable bonds is 11. The molecule has 0 aliphatic heterocycles. The first-order valence-corrected chi connectivity index (χ1v) is 10.1. The average Bonchev–Trinajstić information content (AvgIpc) is 2.79. The number of nitrogens with one attached hydrogen (secondary N) is 2. The van der Waals surface area contributed by atoms with Crippen molar-refractivity contribution in [2.45, 2.75) is 20.1 Å². The standard InChI is InChI=1S/C24H27N3O4.ClH/c1-18-5-3-4-6-20(18)17-31-23-12-7-19(15-24(23)30-2)16-25-13-14-26-21-8-10-22(11-9-21)27(28)29;/h3-12,15,25-26H,13-14,16-17H2,1-2H3;1H. The van der Waals surface area contributed by atoms with Gasteiger partial charge in [-0.05, 0) is 47.9 Å². The maximum Gasteiger partial charge on any atom is 0.269 e. The molecule has 3 aromatic rings. The van der Waals surface area contributed by atoms with Crippen LogP contribution in [-0.4, -0.2) is 25.1 Å². The van der Waals surface area contributed by atoms with Crippen molar-refractivity contribution in [2.24, 2.45) is 0 Å². The zero-order chi connectivity index (χ0) is 22.1. The van der Waals surface area contributed by atoms with Crippen LogP contribution in [0.4, 0.5) is 11.4 Å². The summed E-state index contributed by atoms with van der Waals surface area (Å²) >= 11 is 0. The minimum absolute atomic E-state index is 0. The van der Waals surface area contributed by atoms with Crippen LogP contribution in [0.5, 0.6) is 11.5 Å². The zero-order valence-corrected chi connectivity index (χ0v) is 19.0. The van der Waals surface area contributed by atoms with Gasteiger partial charge < -0.3 is 20.1 Å². The van der Waals surface area contributed by atoms with E-state index in [1.807, 2.05) is 30.3 Å². The summed E-state index contributed by atoms with van der Waals surface area (Å²) in [5.74, 6) is 1.42. The lowest BCUT2D eigenvalue weighted by atomic mass is 10.1. The Morgan fingerprint density at radius 3 is 2.41 bits per heavy atom. The average molecular weight is 458 g/mol. The number of nitro groups is 1. The molecule has 0 saturated carbocycles. The Labute approximate surface area is 194 Å². The summed E-state index contributed by atoms with van der Waals surface area (Å²) in [4.78, 5) is 10.3. The van der Waals surface area contributed by atoms with Crippen LogP contribution in [0.1, 0.15) is 16.7 Å². The Balaban J connectivity index is 0.00000363. The first-order valence-electron chi connectivity index (χ1n) is 10.1. The smallest absolute Gasteiger partial charge is 0.269 e. The van der Waals surface area contributed by atoms with Crippen molar-refractivity contribution in [1.29, 1.82) is 0 Å². The van der Waals surface area contributed by atoms with E-state index in [4.69, 9.17) is 9.47 Å². The van der Waals surface area contributed by atoms with Crippen LogP contribution >= 0.6 is 12.4 Å². The summed E-state index contributed by atoms with van der Waals surface area (Å²) in [5.41, 5.74) is 4.38. The molecule has 8 heteroatoms. The number of ether oxygens (including phenoxy) is 2. The summed E-state index contributed by atoms with van der Waals surface area (Å²) in [6.45, 7) is 4.70. The largest absolute Gasteiger partial charge is 0.493 e. The molecule has 0 aromatic heterocycles. The van der Waals surface area contributed by atoms with Gasteiger partial charge in [0.05, 0.1) is 12.0 Å². The normalized spacial score (nSPS) is 10.2. The van der Waals surface area contributed by atoms with Gasteiger partial charge in [-0.2, -0.15) is 0 Å². The number of halogens is 1. The molecule has 170 valence electrons. The number of hydrogen-bond donors (Lipinski definition) is 2. The minimum Gasteiger partial charge on any atom is -0.493 e. The predicted octanol–water partition coefficient (Wildman–Crippen LogP) is 5.11. The summed E-state index contributed by atoms with van der Waals surface area (Å²) in [6.07, 6.45) is 0. The molecule has 3 aromatic carbocycles. The third kappa shape index (κ3) is 7.14. The molecule has 0 bridgehead atoms. The second kappa shape index (κ2) is 12.5. The van der Waals surface area contributed by atoms with E-state index in [1.54, 1.807) is 19.2 Å². The van der Waals surface area contributed by atoms with Gasteiger partial charge in [-0.3, -0.25) is 10.1 Å². The van der Waals surface area contributed by atoms with E-state index in [2.05, 4.69) is 29.7 Å². The van der Waals surface area contributed by atoms with Gasteiger partial charge >= 0.3 is 0 Å². The summed E-state index contributed by atoms with van der Waals surface area (Å²) in [5, 5.41) is 17.3. The van der Waals surface area contributed by atoms with Crippen molar-refractivity contribution < 1.29 is 14.4 Å². The van der Waals surface area contributed by atoms with Gasteiger partial charge in [0.25, 0.3) is 5.69 Å². The number of nitro benzene ring substituents is 1. The number of hydrogen-bond acceptors (Lipinski definition) is 6. The highest BCUT2D eigenvalue weighted by molar-refractivity contribution is 5.85. The van der Waals surface area contributed by atoms with Gasteiger partial charge in [-0.25, -0.2) is 0 Å². The Bertz CT molecular complexity index is 1010. The SMILES string of the molecule is COc1cc(CNCCNc2ccc([N+](=O)[O-])cc2)ccc1OCc1ccccc1C.Cl. The topological polar surface area (TPSA) is 85.7 Å². The highest BCUT2D eigenvalue weighted by atomic mass is 35.5. The van der Waals surface area contributed by atoms with E-state index in [0.29, 0.717) is 31.2 Å². The molecular weight excluding hydrogens is 430 g/mol. The number of non-ortho nitro benzene ring substituents is 1. The number of methoxy groups -OCH3 is 1. The molecule has 0 aliphatic carbocycles. The van der Waals surface area contributed by atoms with E-state index in [-0.39, 0.29) is 18.1 Å². The number of nitrogens with zero attached hydrogens (tertiary/aromatic N) is 1. The fourth-order valence-corrected chi connectivity index (χ4v) is 3.10. The molecule has 3 rings (SSSR count). The summed E-state index contributed by atoms with van der Waals surface area (Å²) < 4.78 is 11.5.